The molecule has 0 radical (unpaired) electrons. The van der Waals surface area contributed by atoms with E-state index in [9.17, 15) is 0 Å². The van der Waals surface area contributed by atoms with Crippen molar-refractivity contribution >= 4 is 22.7 Å². The van der Waals surface area contributed by atoms with Gasteiger partial charge in [0.05, 0.1) is 12.6 Å². The monoisotopic (exact) mass is 338 g/mol. The SMILES string of the molecule is COc1cc([C@@H](C)NCc2cccc3cccnc23)ccc1SC. The van der Waals surface area contributed by atoms with Gasteiger partial charge in [-0.15, -0.1) is 11.8 Å². The number of hydrogen-bond donors (Lipinski definition) is 1. The summed E-state index contributed by atoms with van der Waals surface area (Å²) in [5.41, 5.74) is 3.50. The Kier molecular flexibility index (Phi) is 5.38. The van der Waals surface area contributed by atoms with Crippen LogP contribution in [0.25, 0.3) is 10.9 Å². The minimum atomic E-state index is 0.230. The summed E-state index contributed by atoms with van der Waals surface area (Å²) in [5.74, 6) is 0.931. The predicted molar refractivity (Wildman–Crippen MR) is 102 cm³/mol. The molecule has 3 aromatic rings. The summed E-state index contributed by atoms with van der Waals surface area (Å²) in [6.45, 7) is 2.95. The maximum absolute atomic E-state index is 5.49. The Labute approximate surface area is 147 Å². The van der Waals surface area contributed by atoms with Crippen LogP contribution < -0.4 is 10.1 Å². The molecule has 0 spiro atoms. The van der Waals surface area contributed by atoms with E-state index in [0.717, 1.165) is 22.7 Å². The Morgan fingerprint density at radius 2 is 2.00 bits per heavy atom. The zero-order valence-electron chi connectivity index (χ0n) is 14.2. The number of thioether (sulfide) groups is 1. The summed E-state index contributed by atoms with van der Waals surface area (Å²) in [4.78, 5) is 5.68. The molecule has 0 fully saturated rings. The zero-order valence-corrected chi connectivity index (χ0v) is 15.1. The molecule has 0 saturated carbocycles. The third kappa shape index (κ3) is 3.55. The number of hydrogen-bond acceptors (Lipinski definition) is 4. The molecule has 0 saturated heterocycles. The summed E-state index contributed by atoms with van der Waals surface area (Å²) in [5, 5.41) is 4.77. The molecule has 3 nitrogen and oxygen atoms in total. The van der Waals surface area contributed by atoms with Gasteiger partial charge in [0.2, 0.25) is 0 Å². The number of ether oxygens (including phenoxy) is 1. The fraction of sp³-hybridized carbons (Fsp3) is 0.250. The first-order valence-corrected chi connectivity index (χ1v) is 9.23. The molecular weight excluding hydrogens is 316 g/mol. The van der Waals surface area contributed by atoms with E-state index >= 15 is 0 Å². The second kappa shape index (κ2) is 7.69. The van der Waals surface area contributed by atoms with E-state index in [1.54, 1.807) is 18.9 Å². The van der Waals surface area contributed by atoms with Crippen LogP contribution in [0, 0.1) is 0 Å². The zero-order chi connectivity index (χ0) is 16.9. The van der Waals surface area contributed by atoms with Crippen LogP contribution in [0.3, 0.4) is 0 Å². The maximum Gasteiger partial charge on any atom is 0.132 e. The number of nitrogens with zero attached hydrogens (tertiary/aromatic N) is 1. The summed E-state index contributed by atoms with van der Waals surface area (Å²) >= 11 is 1.70. The predicted octanol–water partition coefficient (Wildman–Crippen LogP) is 4.82. The highest BCUT2D eigenvalue weighted by Crippen LogP contribution is 2.30. The molecule has 0 amide bonds. The summed E-state index contributed by atoms with van der Waals surface area (Å²) < 4.78 is 5.49. The highest BCUT2D eigenvalue weighted by atomic mass is 32.2. The second-order valence-electron chi connectivity index (χ2n) is 5.71. The lowest BCUT2D eigenvalue weighted by Crippen LogP contribution is -2.18. The van der Waals surface area contributed by atoms with Gasteiger partial charge in [0.15, 0.2) is 0 Å². The minimum Gasteiger partial charge on any atom is -0.496 e. The number of aromatic nitrogens is 1. The molecular formula is C20H22N2OS. The van der Waals surface area contributed by atoms with E-state index in [1.165, 1.54) is 16.5 Å². The van der Waals surface area contributed by atoms with Gasteiger partial charge < -0.3 is 10.1 Å². The van der Waals surface area contributed by atoms with Gasteiger partial charge in [0.1, 0.15) is 5.75 Å². The van der Waals surface area contributed by atoms with Crippen molar-refractivity contribution in [3.05, 3.63) is 65.9 Å². The molecule has 0 aliphatic heterocycles. The second-order valence-corrected chi connectivity index (χ2v) is 6.56. The Morgan fingerprint density at radius 3 is 2.79 bits per heavy atom. The topological polar surface area (TPSA) is 34.1 Å². The van der Waals surface area contributed by atoms with Crippen molar-refractivity contribution in [1.29, 1.82) is 0 Å². The van der Waals surface area contributed by atoms with Gasteiger partial charge in [-0.25, -0.2) is 0 Å². The Hall–Kier alpha value is -2.04. The van der Waals surface area contributed by atoms with Crippen LogP contribution >= 0.6 is 11.8 Å². The standard InChI is InChI=1S/C20H22N2OS/c1-14(16-9-10-19(24-3)18(12-16)23-2)22-13-17-7-4-6-15-8-5-11-21-20(15)17/h4-12,14,22H,13H2,1-3H3/t14-/m1/s1. The number of fused-ring (bicyclic) bond motifs is 1. The van der Waals surface area contributed by atoms with E-state index in [0.29, 0.717) is 0 Å². The third-order valence-electron chi connectivity index (χ3n) is 4.22. The molecule has 124 valence electrons. The first-order chi connectivity index (χ1) is 11.7. The number of nitrogens with one attached hydrogen (secondary N) is 1. The lowest BCUT2D eigenvalue weighted by molar-refractivity contribution is 0.403. The van der Waals surface area contributed by atoms with Gasteiger partial charge in [-0.1, -0.05) is 30.3 Å². The average Bonchev–Trinajstić information content (AvgIpc) is 2.65. The van der Waals surface area contributed by atoms with Gasteiger partial charge in [-0.05, 0) is 42.5 Å². The molecule has 3 rings (SSSR count). The van der Waals surface area contributed by atoms with Crippen LogP contribution in [0.5, 0.6) is 5.75 Å². The molecule has 0 aliphatic carbocycles. The number of benzene rings is 2. The van der Waals surface area contributed by atoms with Gasteiger partial charge >= 0.3 is 0 Å². The van der Waals surface area contributed by atoms with Crippen molar-refractivity contribution in [2.24, 2.45) is 0 Å². The molecule has 0 bridgehead atoms. The van der Waals surface area contributed by atoms with E-state index in [2.05, 4.69) is 65.9 Å². The Morgan fingerprint density at radius 1 is 1.17 bits per heavy atom. The Balaban J connectivity index is 1.76. The summed E-state index contributed by atoms with van der Waals surface area (Å²) in [6, 6.07) is 17.0. The van der Waals surface area contributed by atoms with Crippen molar-refractivity contribution in [3.8, 4) is 5.75 Å². The fourth-order valence-corrected chi connectivity index (χ4v) is 3.36. The van der Waals surface area contributed by atoms with Crippen LogP contribution in [-0.2, 0) is 6.54 Å². The van der Waals surface area contributed by atoms with E-state index in [1.807, 2.05) is 12.3 Å². The first kappa shape index (κ1) is 16.8. The van der Waals surface area contributed by atoms with E-state index in [4.69, 9.17) is 4.74 Å². The Bertz CT molecular complexity index is 829. The van der Waals surface area contributed by atoms with Crippen molar-refractivity contribution in [1.82, 2.24) is 10.3 Å². The minimum absolute atomic E-state index is 0.230. The third-order valence-corrected chi connectivity index (χ3v) is 5.00. The smallest absolute Gasteiger partial charge is 0.132 e. The quantitative estimate of drug-likeness (QED) is 0.654. The largest absolute Gasteiger partial charge is 0.496 e. The average molecular weight is 338 g/mol. The van der Waals surface area contributed by atoms with Crippen LogP contribution in [0.15, 0.2) is 59.6 Å². The molecule has 1 N–H and O–H groups in total. The molecule has 2 aromatic carbocycles. The molecule has 4 heteroatoms. The first-order valence-electron chi connectivity index (χ1n) is 8.01. The van der Waals surface area contributed by atoms with Gasteiger partial charge in [0, 0.05) is 29.1 Å². The summed E-state index contributed by atoms with van der Waals surface area (Å²) in [7, 11) is 1.72. The van der Waals surface area contributed by atoms with Crippen LogP contribution in [0.1, 0.15) is 24.1 Å². The van der Waals surface area contributed by atoms with Crippen LogP contribution in [-0.4, -0.2) is 18.3 Å². The van der Waals surface area contributed by atoms with Gasteiger partial charge in [0.25, 0.3) is 0 Å². The summed E-state index contributed by atoms with van der Waals surface area (Å²) in [6.07, 6.45) is 3.91. The van der Waals surface area contributed by atoms with Crippen molar-refractivity contribution in [2.75, 3.05) is 13.4 Å². The van der Waals surface area contributed by atoms with Crippen molar-refractivity contribution in [3.63, 3.8) is 0 Å². The lowest BCUT2D eigenvalue weighted by Gasteiger charge is -2.17. The molecule has 1 heterocycles. The van der Waals surface area contributed by atoms with E-state index in [-0.39, 0.29) is 6.04 Å². The molecule has 0 unspecified atom stereocenters. The van der Waals surface area contributed by atoms with Crippen molar-refractivity contribution < 1.29 is 4.74 Å². The molecule has 0 aliphatic rings. The van der Waals surface area contributed by atoms with Crippen LogP contribution in [0.2, 0.25) is 0 Å². The van der Waals surface area contributed by atoms with Gasteiger partial charge in [-0.3, -0.25) is 4.98 Å². The number of rotatable bonds is 6. The van der Waals surface area contributed by atoms with Crippen LogP contribution in [0.4, 0.5) is 0 Å². The van der Waals surface area contributed by atoms with E-state index < -0.39 is 0 Å². The highest BCUT2D eigenvalue weighted by molar-refractivity contribution is 7.98. The molecule has 1 atom stereocenters. The fourth-order valence-electron chi connectivity index (χ4n) is 2.81. The molecule has 24 heavy (non-hydrogen) atoms. The number of methoxy groups -OCH3 is 1. The van der Waals surface area contributed by atoms with Gasteiger partial charge in [-0.2, -0.15) is 0 Å². The lowest BCUT2D eigenvalue weighted by atomic mass is 10.1. The molecule has 1 aromatic heterocycles. The number of para-hydroxylation sites is 1. The van der Waals surface area contributed by atoms with Crippen molar-refractivity contribution in [2.45, 2.75) is 24.4 Å². The number of pyridine rings is 1. The normalized spacial score (nSPS) is 12.3. The highest BCUT2D eigenvalue weighted by Gasteiger charge is 2.10. The maximum atomic E-state index is 5.49.